The number of hydrogen-bond donors (Lipinski definition) is 0. The Kier molecular flexibility index (Phi) is 14.8. The molecule has 0 aromatic heterocycles. The monoisotopic (exact) mass is 654 g/mol. The maximum atomic E-state index is 3.67. The SMILES string of the molecule is CC(C)(C)c1[c-]c2c(cc1)-c1ccc(C(C)(C)C)cc1C2.[C-]1=CC=CC1.[Cl-].[Cl-].[Ti+2]=[C](Cc1ccccc1)Cc1ccccc1. The van der Waals surface area contributed by atoms with Gasteiger partial charge in [-0.05, 0) is 28.4 Å². The van der Waals surface area contributed by atoms with Crippen LogP contribution in [0.3, 0.4) is 0 Å². The number of halogens is 2. The molecule has 0 N–H and O–H groups in total. The summed E-state index contributed by atoms with van der Waals surface area (Å²) in [6.07, 6.45) is 13.2. The first-order chi connectivity index (χ1) is 20.0. The summed E-state index contributed by atoms with van der Waals surface area (Å²) in [6.45, 7) is 13.6. The third-order valence-electron chi connectivity index (χ3n) is 7.57. The van der Waals surface area contributed by atoms with Crippen molar-refractivity contribution in [3.63, 3.8) is 0 Å². The summed E-state index contributed by atoms with van der Waals surface area (Å²) in [6, 6.07) is 36.5. The van der Waals surface area contributed by atoms with Gasteiger partial charge in [0.15, 0.2) is 0 Å². The zero-order valence-corrected chi connectivity index (χ0v) is 30.1. The minimum atomic E-state index is 0. The molecule has 0 bridgehead atoms. The molecule has 3 heteroatoms. The van der Waals surface area contributed by atoms with Gasteiger partial charge in [0.1, 0.15) is 0 Å². The van der Waals surface area contributed by atoms with Crippen molar-refractivity contribution in [2.45, 2.75) is 78.1 Å². The third-order valence-corrected chi connectivity index (χ3v) is 8.12. The van der Waals surface area contributed by atoms with Crippen molar-refractivity contribution in [3.8, 4) is 11.1 Å². The Hall–Kier alpha value is -2.48. The topological polar surface area (TPSA) is 0 Å². The van der Waals surface area contributed by atoms with Crippen molar-refractivity contribution in [2.75, 3.05) is 0 Å². The minimum absolute atomic E-state index is 0. The van der Waals surface area contributed by atoms with E-state index in [4.69, 9.17) is 0 Å². The van der Waals surface area contributed by atoms with Crippen molar-refractivity contribution in [1.29, 1.82) is 0 Å². The molecule has 0 saturated carbocycles. The molecular weight excluding hydrogens is 611 g/mol. The summed E-state index contributed by atoms with van der Waals surface area (Å²) in [7, 11) is 0. The quantitative estimate of drug-likeness (QED) is 0.202. The van der Waals surface area contributed by atoms with E-state index in [-0.39, 0.29) is 35.6 Å². The van der Waals surface area contributed by atoms with Crippen LogP contribution < -0.4 is 24.8 Å². The van der Waals surface area contributed by atoms with E-state index in [0.29, 0.717) is 0 Å². The normalized spacial score (nSPS) is 12.4. The van der Waals surface area contributed by atoms with Gasteiger partial charge in [-0.2, -0.15) is 29.8 Å². The van der Waals surface area contributed by atoms with E-state index in [1.54, 1.807) is 0 Å². The van der Waals surface area contributed by atoms with Gasteiger partial charge in [-0.15, -0.1) is 17.5 Å². The molecule has 6 rings (SSSR count). The molecule has 228 valence electrons. The van der Waals surface area contributed by atoms with Crippen LogP contribution in [0.4, 0.5) is 0 Å². The number of benzene rings is 4. The van der Waals surface area contributed by atoms with Gasteiger partial charge < -0.3 is 24.8 Å². The summed E-state index contributed by atoms with van der Waals surface area (Å²) in [5, 5.41) is 0. The van der Waals surface area contributed by atoms with Crippen LogP contribution >= 0.6 is 0 Å². The van der Waals surface area contributed by atoms with E-state index >= 15 is 0 Å². The Bertz CT molecular complexity index is 1420. The molecule has 2 aliphatic rings. The molecule has 44 heavy (non-hydrogen) atoms. The van der Waals surface area contributed by atoms with E-state index in [9.17, 15) is 0 Å². The first-order valence-electron chi connectivity index (χ1n) is 15.1. The van der Waals surface area contributed by atoms with Crippen LogP contribution in [0.2, 0.25) is 0 Å². The fourth-order valence-electron chi connectivity index (χ4n) is 5.11. The Labute approximate surface area is 290 Å². The third kappa shape index (κ3) is 11.2. The van der Waals surface area contributed by atoms with Crippen LogP contribution in [-0.4, -0.2) is 3.81 Å². The van der Waals surface area contributed by atoms with Gasteiger partial charge >= 0.3 is 108 Å². The Morgan fingerprint density at radius 2 is 1.27 bits per heavy atom. The zero-order chi connectivity index (χ0) is 30.2. The van der Waals surface area contributed by atoms with Crippen molar-refractivity contribution in [3.05, 3.63) is 155 Å². The molecule has 0 saturated heterocycles. The fourth-order valence-corrected chi connectivity index (χ4v) is 5.75. The molecule has 4 aromatic carbocycles. The number of rotatable bonds is 4. The van der Waals surface area contributed by atoms with Crippen LogP contribution in [0.15, 0.2) is 109 Å². The molecule has 0 amide bonds. The molecule has 0 heterocycles. The molecule has 0 atom stereocenters. The second-order valence-electron chi connectivity index (χ2n) is 13.2. The van der Waals surface area contributed by atoms with E-state index < -0.39 is 0 Å². The summed E-state index contributed by atoms with van der Waals surface area (Å²) in [5.74, 6) is 0. The van der Waals surface area contributed by atoms with Crippen molar-refractivity contribution in [1.82, 2.24) is 0 Å². The summed E-state index contributed by atoms with van der Waals surface area (Å²) < 4.78 is 1.51. The predicted octanol–water partition coefficient (Wildman–Crippen LogP) is 4.16. The van der Waals surface area contributed by atoms with E-state index in [0.717, 1.165) is 25.7 Å². The van der Waals surface area contributed by atoms with Crippen molar-refractivity contribution >= 4 is 3.81 Å². The van der Waals surface area contributed by atoms with Crippen molar-refractivity contribution < 1.29 is 44.8 Å². The average molecular weight is 656 g/mol. The molecule has 0 radical (unpaired) electrons. The Balaban J connectivity index is 0.000000260. The zero-order valence-electron chi connectivity index (χ0n) is 27.0. The molecule has 0 aliphatic heterocycles. The Morgan fingerprint density at radius 1 is 0.705 bits per heavy atom. The van der Waals surface area contributed by atoms with Crippen LogP contribution in [-0.2, 0) is 50.1 Å². The van der Waals surface area contributed by atoms with Gasteiger partial charge in [-0.25, -0.2) is 12.2 Å². The van der Waals surface area contributed by atoms with Crippen molar-refractivity contribution in [2.24, 2.45) is 0 Å². The molecule has 0 nitrogen and oxygen atoms in total. The number of hydrogen-bond acceptors (Lipinski definition) is 0. The summed E-state index contributed by atoms with van der Waals surface area (Å²) in [5.41, 5.74) is 11.5. The van der Waals surface area contributed by atoms with E-state index in [1.807, 2.05) is 12.2 Å². The van der Waals surface area contributed by atoms with E-state index in [2.05, 4.69) is 171 Å². The van der Waals surface area contributed by atoms with Gasteiger partial charge in [0.2, 0.25) is 0 Å². The maximum absolute atomic E-state index is 3.67. The first kappa shape index (κ1) is 37.7. The molecular formula is C41H44Cl2Ti-2. The molecule has 0 spiro atoms. The van der Waals surface area contributed by atoms with Crippen LogP contribution in [0, 0.1) is 12.1 Å². The van der Waals surface area contributed by atoms with Crippen LogP contribution in [0.1, 0.15) is 81.3 Å². The first-order valence-corrected chi connectivity index (χ1v) is 15.8. The fraction of sp³-hybridized carbons (Fsp3) is 0.293. The average Bonchev–Trinajstić information content (AvgIpc) is 3.65. The van der Waals surface area contributed by atoms with Crippen LogP contribution in [0.5, 0.6) is 0 Å². The second kappa shape index (κ2) is 17.3. The standard InChI is InChI=1S/C21H25.C15H14.C5H5.2ClH.Ti/c1-20(2,3)16-7-9-18-14(12-16)11-15-13-17(21(4,5)6)8-10-19(15)18;1-3-8-14(9-4-1)12-7-13-15-10-5-2-6-11-15;1-2-4-5-3-1;;;/h7-10,12H,11H2,1-6H3;1-6,8-11H,12-13H2;1-3H,4H2;2*1H;/q-1;;-1;;;+2/p-2. The van der Waals surface area contributed by atoms with Crippen LogP contribution in [0.25, 0.3) is 11.1 Å². The number of allylic oxidation sites excluding steroid dienone is 4. The molecule has 4 aromatic rings. The van der Waals surface area contributed by atoms with Gasteiger partial charge in [-0.1, -0.05) is 65.3 Å². The summed E-state index contributed by atoms with van der Waals surface area (Å²) >= 11 is 2.24. The van der Waals surface area contributed by atoms with Gasteiger partial charge in [0, 0.05) is 0 Å². The summed E-state index contributed by atoms with van der Waals surface area (Å²) in [4.78, 5) is 0. The molecule has 0 unspecified atom stereocenters. The Morgan fingerprint density at radius 3 is 1.73 bits per heavy atom. The predicted molar refractivity (Wildman–Crippen MR) is 178 cm³/mol. The molecule has 0 fully saturated rings. The number of fused-ring (bicyclic) bond motifs is 3. The van der Waals surface area contributed by atoms with Gasteiger partial charge in [-0.3, -0.25) is 6.08 Å². The molecule has 2 aliphatic carbocycles. The van der Waals surface area contributed by atoms with E-state index in [1.165, 1.54) is 48.3 Å². The second-order valence-corrected chi connectivity index (χ2v) is 14.3. The van der Waals surface area contributed by atoms with Gasteiger partial charge in [0.25, 0.3) is 0 Å². The van der Waals surface area contributed by atoms with Gasteiger partial charge in [0.05, 0.1) is 0 Å².